The van der Waals surface area contributed by atoms with Gasteiger partial charge >= 0.3 is 0 Å². The van der Waals surface area contributed by atoms with Gasteiger partial charge in [0.15, 0.2) is 0 Å². The van der Waals surface area contributed by atoms with E-state index in [4.69, 9.17) is 0 Å². The molecule has 0 spiro atoms. The van der Waals surface area contributed by atoms with Gasteiger partial charge in [-0.25, -0.2) is 9.37 Å². The Morgan fingerprint density at radius 1 is 1.38 bits per heavy atom. The third kappa shape index (κ3) is 2.19. The molecular formula is C11H8BrFN2O. The lowest BCUT2D eigenvalue weighted by molar-refractivity contribution is 0.627. The lowest BCUT2D eigenvalue weighted by Crippen LogP contribution is -2.09. The maximum atomic E-state index is 13.2. The summed E-state index contributed by atoms with van der Waals surface area (Å²) in [5.41, 5.74) is 1.05. The van der Waals surface area contributed by atoms with Gasteiger partial charge in [-0.15, -0.1) is 0 Å². The molecule has 0 radical (unpaired) electrons. The van der Waals surface area contributed by atoms with Crippen molar-refractivity contribution in [2.24, 2.45) is 0 Å². The lowest BCUT2D eigenvalue weighted by atomic mass is 10.1. The molecule has 1 aromatic heterocycles. The number of rotatable bonds is 1. The van der Waals surface area contributed by atoms with Crippen LogP contribution in [-0.2, 0) is 0 Å². The van der Waals surface area contributed by atoms with Crippen LogP contribution in [0.5, 0.6) is 0 Å². The van der Waals surface area contributed by atoms with Crippen LogP contribution in [0, 0.1) is 12.7 Å². The number of aromatic nitrogens is 2. The molecule has 2 rings (SSSR count). The first-order chi connectivity index (χ1) is 7.56. The fraction of sp³-hybridized carbons (Fsp3) is 0.0909. The first-order valence-corrected chi connectivity index (χ1v) is 5.38. The first-order valence-electron chi connectivity index (χ1n) is 4.58. The van der Waals surface area contributed by atoms with Crippen LogP contribution in [0.4, 0.5) is 4.39 Å². The van der Waals surface area contributed by atoms with E-state index in [0.717, 1.165) is 5.56 Å². The molecule has 3 nitrogen and oxygen atoms in total. The van der Waals surface area contributed by atoms with Crippen molar-refractivity contribution in [1.29, 1.82) is 0 Å². The Hall–Kier alpha value is -1.49. The Morgan fingerprint density at radius 3 is 2.75 bits per heavy atom. The molecule has 5 heteroatoms. The molecule has 0 aliphatic carbocycles. The van der Waals surface area contributed by atoms with Gasteiger partial charge in [0, 0.05) is 11.8 Å². The van der Waals surface area contributed by atoms with E-state index in [0.29, 0.717) is 15.9 Å². The fourth-order valence-electron chi connectivity index (χ4n) is 1.40. The van der Waals surface area contributed by atoms with Gasteiger partial charge in [0.25, 0.3) is 5.56 Å². The zero-order valence-electron chi connectivity index (χ0n) is 8.42. The molecule has 0 unspecified atom stereocenters. The van der Waals surface area contributed by atoms with E-state index in [1.54, 1.807) is 13.0 Å². The number of nitrogens with zero attached hydrogens (tertiary/aromatic N) is 1. The minimum absolute atomic E-state index is 0.285. The molecule has 1 N–H and O–H groups in total. The smallest absolute Gasteiger partial charge is 0.265 e. The summed E-state index contributed by atoms with van der Waals surface area (Å²) in [7, 11) is 0. The van der Waals surface area contributed by atoms with E-state index in [2.05, 4.69) is 25.9 Å². The fourth-order valence-corrected chi connectivity index (χ4v) is 1.60. The van der Waals surface area contributed by atoms with Crippen LogP contribution in [0.2, 0.25) is 0 Å². The largest absolute Gasteiger partial charge is 0.306 e. The third-order valence-corrected chi connectivity index (χ3v) is 2.64. The molecule has 0 aliphatic rings. The summed E-state index contributed by atoms with van der Waals surface area (Å²) in [4.78, 5) is 17.9. The summed E-state index contributed by atoms with van der Waals surface area (Å²) >= 11 is 3.05. The number of hydrogen-bond donors (Lipinski definition) is 1. The summed E-state index contributed by atoms with van der Waals surface area (Å²) in [6.45, 7) is 1.78. The number of aromatic amines is 1. The zero-order chi connectivity index (χ0) is 11.7. The molecule has 0 aliphatic heterocycles. The summed E-state index contributed by atoms with van der Waals surface area (Å²) in [5, 5.41) is 0. The van der Waals surface area contributed by atoms with Gasteiger partial charge in [0.05, 0.1) is 0 Å². The molecule has 82 valence electrons. The van der Waals surface area contributed by atoms with Gasteiger partial charge in [-0.2, -0.15) is 0 Å². The summed E-state index contributed by atoms with van der Waals surface area (Å²) < 4.78 is 13.5. The zero-order valence-corrected chi connectivity index (χ0v) is 10.0. The molecule has 0 saturated carbocycles. The van der Waals surface area contributed by atoms with Gasteiger partial charge in [-0.3, -0.25) is 4.79 Å². The summed E-state index contributed by atoms with van der Waals surface area (Å²) in [6.07, 6.45) is 1.40. The number of hydrogen-bond acceptors (Lipinski definition) is 2. The molecule has 0 atom stereocenters. The van der Waals surface area contributed by atoms with E-state index in [1.807, 2.05) is 0 Å². The topological polar surface area (TPSA) is 45.8 Å². The maximum Gasteiger partial charge on any atom is 0.265 e. The molecule has 1 aromatic carbocycles. The highest BCUT2D eigenvalue weighted by Gasteiger charge is 2.05. The lowest BCUT2D eigenvalue weighted by Gasteiger charge is -2.02. The molecular weight excluding hydrogens is 275 g/mol. The average Bonchev–Trinajstić information content (AvgIpc) is 2.20. The van der Waals surface area contributed by atoms with Gasteiger partial charge in [-0.05, 0) is 46.6 Å². The van der Waals surface area contributed by atoms with E-state index in [-0.39, 0.29) is 11.4 Å². The maximum absolute atomic E-state index is 13.2. The van der Waals surface area contributed by atoms with Crippen molar-refractivity contribution in [3.05, 3.63) is 50.6 Å². The highest BCUT2D eigenvalue weighted by molar-refractivity contribution is 9.10. The predicted octanol–water partition coefficient (Wildman–Crippen LogP) is 2.65. The van der Waals surface area contributed by atoms with Crippen LogP contribution in [0.3, 0.4) is 0 Å². The van der Waals surface area contributed by atoms with Crippen molar-refractivity contribution < 1.29 is 4.39 Å². The van der Waals surface area contributed by atoms with Gasteiger partial charge in [-0.1, -0.05) is 0 Å². The van der Waals surface area contributed by atoms with E-state index < -0.39 is 0 Å². The van der Waals surface area contributed by atoms with Crippen LogP contribution >= 0.6 is 15.9 Å². The van der Waals surface area contributed by atoms with Crippen LogP contribution < -0.4 is 5.56 Å². The highest BCUT2D eigenvalue weighted by atomic mass is 79.9. The van der Waals surface area contributed by atoms with Crippen LogP contribution in [0.15, 0.2) is 33.7 Å². The third-order valence-electron chi connectivity index (χ3n) is 2.07. The van der Waals surface area contributed by atoms with Crippen LogP contribution in [0.25, 0.3) is 11.4 Å². The Balaban J connectivity index is 2.58. The molecule has 1 heterocycles. The van der Waals surface area contributed by atoms with E-state index in [1.165, 1.54) is 18.3 Å². The second-order valence-electron chi connectivity index (χ2n) is 3.43. The highest BCUT2D eigenvalue weighted by Crippen LogP contribution is 2.17. The van der Waals surface area contributed by atoms with E-state index >= 15 is 0 Å². The monoisotopic (exact) mass is 282 g/mol. The average molecular weight is 283 g/mol. The molecule has 16 heavy (non-hydrogen) atoms. The number of nitrogens with one attached hydrogen (secondary N) is 1. The normalized spacial score (nSPS) is 10.4. The molecule has 0 bridgehead atoms. The minimum atomic E-state index is -0.347. The molecule has 0 saturated heterocycles. The van der Waals surface area contributed by atoms with Gasteiger partial charge in [0.1, 0.15) is 16.1 Å². The van der Waals surface area contributed by atoms with Crippen LogP contribution in [0.1, 0.15) is 5.56 Å². The van der Waals surface area contributed by atoms with Crippen molar-refractivity contribution in [2.75, 3.05) is 0 Å². The van der Waals surface area contributed by atoms with Gasteiger partial charge < -0.3 is 4.98 Å². The van der Waals surface area contributed by atoms with Crippen molar-refractivity contribution in [3.63, 3.8) is 0 Å². The number of H-pyrrole nitrogens is 1. The number of halogens is 2. The summed E-state index contributed by atoms with van der Waals surface area (Å²) in [6, 6.07) is 4.51. The standard InChI is InChI=1S/C11H8BrFN2O/c1-6-2-7(4-8(13)3-6)10-14-5-9(12)11(16)15-10/h2-5H,1H3,(H,14,15,16). The predicted molar refractivity (Wildman–Crippen MR) is 62.7 cm³/mol. The minimum Gasteiger partial charge on any atom is -0.306 e. The van der Waals surface area contributed by atoms with E-state index in [9.17, 15) is 9.18 Å². The number of aryl methyl sites for hydroxylation is 1. The Kier molecular flexibility index (Phi) is 2.87. The van der Waals surface area contributed by atoms with Crippen molar-refractivity contribution >= 4 is 15.9 Å². The number of benzene rings is 1. The Labute approximate surface area is 99.5 Å². The van der Waals surface area contributed by atoms with Gasteiger partial charge in [0.2, 0.25) is 0 Å². The first kappa shape index (κ1) is 11.0. The SMILES string of the molecule is Cc1cc(F)cc(-c2ncc(Br)c(=O)[nH]2)c1. The Morgan fingerprint density at radius 2 is 2.12 bits per heavy atom. The van der Waals surface area contributed by atoms with Crippen molar-refractivity contribution in [3.8, 4) is 11.4 Å². The van der Waals surface area contributed by atoms with Crippen LogP contribution in [-0.4, -0.2) is 9.97 Å². The molecule has 2 aromatic rings. The second-order valence-corrected chi connectivity index (χ2v) is 4.28. The quantitative estimate of drug-likeness (QED) is 0.874. The van der Waals surface area contributed by atoms with Crippen molar-refractivity contribution in [1.82, 2.24) is 9.97 Å². The Bertz CT molecular complexity index is 575. The molecule has 0 fully saturated rings. The summed E-state index contributed by atoms with van der Waals surface area (Å²) in [5.74, 6) is 0.0105. The van der Waals surface area contributed by atoms with Crippen molar-refractivity contribution in [2.45, 2.75) is 6.92 Å². The second kappa shape index (κ2) is 4.17. The molecule has 0 amide bonds.